The Bertz CT molecular complexity index is 411. The number of rotatable bonds is 4. The average Bonchev–Trinajstić information content (AvgIpc) is 2.28. The lowest BCUT2D eigenvalue weighted by atomic mass is 10.2. The van der Waals surface area contributed by atoms with E-state index in [1.54, 1.807) is 19.1 Å². The minimum atomic E-state index is -3.36. The second-order valence-electron chi connectivity index (χ2n) is 3.22. The van der Waals surface area contributed by atoms with Gasteiger partial charge in [0.15, 0.2) is 0 Å². The van der Waals surface area contributed by atoms with Crippen LogP contribution in [0.25, 0.3) is 0 Å². The van der Waals surface area contributed by atoms with Gasteiger partial charge in [-0.25, -0.2) is 12.7 Å². The van der Waals surface area contributed by atoms with Crippen molar-refractivity contribution in [2.75, 3.05) is 13.6 Å². The monoisotopic (exact) mass is 229 g/mol. The van der Waals surface area contributed by atoms with E-state index in [2.05, 4.69) is 0 Å². The highest BCUT2D eigenvalue weighted by atomic mass is 32.2. The van der Waals surface area contributed by atoms with Gasteiger partial charge in [-0.15, -0.1) is 0 Å². The maximum Gasteiger partial charge on any atom is 0.242 e. The van der Waals surface area contributed by atoms with Gasteiger partial charge in [0.25, 0.3) is 0 Å². The van der Waals surface area contributed by atoms with Gasteiger partial charge in [-0.1, -0.05) is 19.1 Å². The molecule has 0 aliphatic carbocycles. The first-order valence-electron chi connectivity index (χ1n) is 4.68. The Morgan fingerprint density at radius 3 is 2.20 bits per heavy atom. The molecule has 0 aromatic heterocycles. The smallest absolute Gasteiger partial charge is 0.242 e. The summed E-state index contributed by atoms with van der Waals surface area (Å²) in [5.41, 5.74) is 0.702. The maximum atomic E-state index is 11.8. The van der Waals surface area contributed by atoms with Crippen molar-refractivity contribution < 1.29 is 13.5 Å². The fourth-order valence-electron chi connectivity index (χ4n) is 1.12. The van der Waals surface area contributed by atoms with Crippen molar-refractivity contribution in [2.45, 2.75) is 18.4 Å². The van der Waals surface area contributed by atoms with Crippen LogP contribution in [0.2, 0.25) is 0 Å². The van der Waals surface area contributed by atoms with Crippen LogP contribution in [0.3, 0.4) is 0 Å². The molecule has 0 radical (unpaired) electrons. The van der Waals surface area contributed by atoms with Crippen LogP contribution in [-0.4, -0.2) is 31.4 Å². The van der Waals surface area contributed by atoms with Gasteiger partial charge in [-0.05, 0) is 17.7 Å². The molecular formula is C10H15NO3S. The number of aliphatic hydroxyl groups excluding tert-OH is 1. The molecular weight excluding hydrogens is 214 g/mol. The first kappa shape index (κ1) is 12.2. The molecule has 0 spiro atoms. The Balaban J connectivity index is 3.06. The fraction of sp³-hybridized carbons (Fsp3) is 0.400. The largest absolute Gasteiger partial charge is 0.392 e. The van der Waals surface area contributed by atoms with Crippen molar-refractivity contribution in [3.05, 3.63) is 29.8 Å². The van der Waals surface area contributed by atoms with Crippen molar-refractivity contribution in [3.8, 4) is 0 Å². The van der Waals surface area contributed by atoms with Gasteiger partial charge in [0, 0.05) is 13.6 Å². The molecule has 1 N–H and O–H groups in total. The van der Waals surface area contributed by atoms with Crippen molar-refractivity contribution in [2.24, 2.45) is 0 Å². The van der Waals surface area contributed by atoms with Crippen LogP contribution in [0.4, 0.5) is 0 Å². The third-order valence-electron chi connectivity index (χ3n) is 2.26. The van der Waals surface area contributed by atoms with Gasteiger partial charge >= 0.3 is 0 Å². The molecule has 0 saturated heterocycles. The molecule has 0 saturated carbocycles. The minimum absolute atomic E-state index is 0.0794. The van der Waals surface area contributed by atoms with Crippen molar-refractivity contribution in [1.29, 1.82) is 0 Å². The average molecular weight is 229 g/mol. The number of sulfonamides is 1. The second-order valence-corrected chi connectivity index (χ2v) is 5.27. The summed E-state index contributed by atoms with van der Waals surface area (Å²) in [5, 5.41) is 8.83. The summed E-state index contributed by atoms with van der Waals surface area (Å²) in [7, 11) is -1.83. The summed E-state index contributed by atoms with van der Waals surface area (Å²) >= 11 is 0. The van der Waals surface area contributed by atoms with Crippen LogP contribution in [0.1, 0.15) is 12.5 Å². The molecule has 0 unspecified atom stereocenters. The van der Waals surface area contributed by atoms with Crippen LogP contribution >= 0.6 is 0 Å². The highest BCUT2D eigenvalue weighted by Crippen LogP contribution is 2.14. The molecule has 1 aromatic rings. The number of aliphatic hydroxyl groups is 1. The highest BCUT2D eigenvalue weighted by molar-refractivity contribution is 7.89. The molecule has 1 rings (SSSR count). The summed E-state index contributed by atoms with van der Waals surface area (Å²) in [6.45, 7) is 2.13. The van der Waals surface area contributed by atoms with E-state index in [1.807, 2.05) is 0 Å². The summed E-state index contributed by atoms with van der Waals surface area (Å²) < 4.78 is 24.9. The Morgan fingerprint density at radius 2 is 1.80 bits per heavy atom. The van der Waals surface area contributed by atoms with Crippen LogP contribution in [0.5, 0.6) is 0 Å². The van der Waals surface area contributed by atoms with Crippen LogP contribution < -0.4 is 0 Å². The van der Waals surface area contributed by atoms with Crippen molar-refractivity contribution >= 4 is 10.0 Å². The van der Waals surface area contributed by atoms with Gasteiger partial charge in [0.2, 0.25) is 10.0 Å². The van der Waals surface area contributed by atoms with E-state index in [0.29, 0.717) is 12.1 Å². The Labute approximate surface area is 90.2 Å². The second kappa shape index (κ2) is 4.74. The third kappa shape index (κ3) is 2.56. The van der Waals surface area contributed by atoms with E-state index < -0.39 is 10.0 Å². The van der Waals surface area contributed by atoms with Crippen molar-refractivity contribution in [3.63, 3.8) is 0 Å². The molecule has 5 heteroatoms. The molecule has 4 nitrogen and oxygen atoms in total. The predicted molar refractivity (Wildman–Crippen MR) is 57.9 cm³/mol. The SMILES string of the molecule is CCN(C)S(=O)(=O)c1ccc(CO)cc1. The zero-order valence-electron chi connectivity index (χ0n) is 8.84. The number of nitrogens with zero attached hydrogens (tertiary/aromatic N) is 1. The van der Waals surface area contributed by atoms with Gasteiger partial charge in [0.05, 0.1) is 11.5 Å². The van der Waals surface area contributed by atoms with Gasteiger partial charge < -0.3 is 5.11 Å². The van der Waals surface area contributed by atoms with Gasteiger partial charge in [0.1, 0.15) is 0 Å². The molecule has 0 amide bonds. The summed E-state index contributed by atoms with van der Waals surface area (Å²) in [4.78, 5) is 0.254. The van der Waals surface area contributed by atoms with Crippen LogP contribution in [0.15, 0.2) is 29.2 Å². The van der Waals surface area contributed by atoms with E-state index >= 15 is 0 Å². The molecule has 84 valence electrons. The lowest BCUT2D eigenvalue weighted by Gasteiger charge is -2.14. The van der Waals surface area contributed by atoms with Gasteiger partial charge in [-0.2, -0.15) is 0 Å². The quantitative estimate of drug-likeness (QED) is 0.831. The maximum absolute atomic E-state index is 11.8. The highest BCUT2D eigenvalue weighted by Gasteiger charge is 2.18. The molecule has 1 aromatic carbocycles. The zero-order chi connectivity index (χ0) is 11.5. The Hall–Kier alpha value is -0.910. The van der Waals surface area contributed by atoms with E-state index in [1.165, 1.54) is 23.5 Å². The summed E-state index contributed by atoms with van der Waals surface area (Å²) in [6, 6.07) is 6.23. The lowest BCUT2D eigenvalue weighted by molar-refractivity contribution is 0.281. The van der Waals surface area contributed by atoms with Crippen LogP contribution in [0, 0.1) is 0 Å². The lowest BCUT2D eigenvalue weighted by Crippen LogP contribution is -2.26. The van der Waals surface area contributed by atoms with E-state index in [9.17, 15) is 8.42 Å². The van der Waals surface area contributed by atoms with Crippen molar-refractivity contribution in [1.82, 2.24) is 4.31 Å². The molecule has 0 aliphatic rings. The van der Waals surface area contributed by atoms with E-state index in [0.717, 1.165) is 0 Å². The first-order chi connectivity index (χ1) is 7.02. The minimum Gasteiger partial charge on any atom is -0.392 e. The van der Waals surface area contributed by atoms with Gasteiger partial charge in [-0.3, -0.25) is 0 Å². The normalized spacial score (nSPS) is 12.0. The standard InChI is InChI=1S/C10H15NO3S/c1-3-11(2)15(13,14)10-6-4-9(8-12)5-7-10/h4-7,12H,3,8H2,1-2H3. The molecule has 15 heavy (non-hydrogen) atoms. The first-order valence-corrected chi connectivity index (χ1v) is 6.12. The Morgan fingerprint density at radius 1 is 1.27 bits per heavy atom. The van der Waals surface area contributed by atoms with E-state index in [4.69, 9.17) is 5.11 Å². The molecule has 0 atom stereocenters. The zero-order valence-corrected chi connectivity index (χ0v) is 9.66. The fourth-order valence-corrected chi connectivity index (χ4v) is 2.30. The van der Waals surface area contributed by atoms with E-state index in [-0.39, 0.29) is 11.5 Å². The molecule has 0 heterocycles. The molecule has 0 bridgehead atoms. The number of benzene rings is 1. The predicted octanol–water partition coefficient (Wildman–Crippen LogP) is 0.819. The summed E-state index contributed by atoms with van der Waals surface area (Å²) in [6.07, 6.45) is 0. The van der Waals surface area contributed by atoms with Crippen LogP contribution in [-0.2, 0) is 16.6 Å². The third-order valence-corrected chi connectivity index (χ3v) is 4.21. The molecule has 0 fully saturated rings. The molecule has 0 aliphatic heterocycles. The topological polar surface area (TPSA) is 57.6 Å². The summed E-state index contributed by atoms with van der Waals surface area (Å²) in [5.74, 6) is 0. The Kier molecular flexibility index (Phi) is 3.84. The number of hydrogen-bond donors (Lipinski definition) is 1. The number of hydrogen-bond acceptors (Lipinski definition) is 3.